The first-order chi connectivity index (χ1) is 13.1. The number of hydrogen-bond acceptors (Lipinski definition) is 3. The number of hydrogen-bond donors (Lipinski definition) is 1. The first kappa shape index (κ1) is 17.8. The summed E-state index contributed by atoms with van der Waals surface area (Å²) in [5.41, 5.74) is 2.26. The summed E-state index contributed by atoms with van der Waals surface area (Å²) in [5, 5.41) is 3.11. The molecule has 4 nitrogen and oxygen atoms in total. The van der Waals surface area contributed by atoms with Crippen molar-refractivity contribution >= 4 is 51.0 Å². The molecule has 4 aromatic rings. The average molecular weight is 399 g/mol. The van der Waals surface area contributed by atoms with E-state index >= 15 is 0 Å². The zero-order chi connectivity index (χ0) is 18.8. The van der Waals surface area contributed by atoms with Crippen molar-refractivity contribution in [2.75, 3.05) is 6.61 Å². The average Bonchev–Trinajstić information content (AvgIpc) is 3.04. The third-order valence-electron chi connectivity index (χ3n) is 4.34. The van der Waals surface area contributed by atoms with E-state index in [1.54, 1.807) is 12.1 Å². The van der Waals surface area contributed by atoms with Crippen molar-refractivity contribution in [3.05, 3.63) is 76.0 Å². The molecule has 0 atom stereocenters. The lowest BCUT2D eigenvalue weighted by Gasteiger charge is -2.06. The maximum Gasteiger partial charge on any atom is 0.339 e. The molecule has 1 aromatic heterocycles. The van der Waals surface area contributed by atoms with Gasteiger partial charge in [0, 0.05) is 11.4 Å². The van der Waals surface area contributed by atoms with Gasteiger partial charge in [-0.05, 0) is 47.5 Å². The molecular formula is C21H16Cl2N2O2. The zero-order valence-corrected chi connectivity index (χ0v) is 15.8. The van der Waals surface area contributed by atoms with E-state index in [1.807, 2.05) is 12.1 Å². The number of esters is 1. The van der Waals surface area contributed by atoms with Crippen molar-refractivity contribution in [1.82, 2.24) is 9.97 Å². The van der Waals surface area contributed by atoms with Crippen LogP contribution < -0.4 is 0 Å². The molecule has 4 rings (SSSR count). The van der Waals surface area contributed by atoms with Crippen molar-refractivity contribution in [1.29, 1.82) is 0 Å². The van der Waals surface area contributed by atoms with Crippen molar-refractivity contribution in [2.45, 2.75) is 12.8 Å². The number of benzene rings is 3. The summed E-state index contributed by atoms with van der Waals surface area (Å²) in [6, 6.07) is 17.1. The van der Waals surface area contributed by atoms with Crippen LogP contribution in [-0.4, -0.2) is 22.5 Å². The predicted octanol–water partition coefficient (Wildman–Crippen LogP) is 5.81. The second-order valence-electron chi connectivity index (χ2n) is 6.26. The van der Waals surface area contributed by atoms with Crippen molar-refractivity contribution in [2.24, 2.45) is 0 Å². The van der Waals surface area contributed by atoms with Gasteiger partial charge in [0.05, 0.1) is 28.2 Å². The third-order valence-corrected chi connectivity index (χ3v) is 4.89. The third kappa shape index (κ3) is 3.92. The van der Waals surface area contributed by atoms with Gasteiger partial charge in [0.2, 0.25) is 0 Å². The number of rotatable bonds is 5. The van der Waals surface area contributed by atoms with Crippen LogP contribution in [0.3, 0.4) is 0 Å². The van der Waals surface area contributed by atoms with Crippen molar-refractivity contribution < 1.29 is 9.53 Å². The van der Waals surface area contributed by atoms with Gasteiger partial charge in [-0.2, -0.15) is 0 Å². The number of halogens is 2. The lowest BCUT2D eigenvalue weighted by molar-refractivity contribution is 0.0500. The van der Waals surface area contributed by atoms with Gasteiger partial charge in [0.15, 0.2) is 0 Å². The number of carbonyl (C=O) groups excluding carboxylic acids is 1. The highest BCUT2D eigenvalue weighted by Crippen LogP contribution is 2.23. The molecule has 0 bridgehead atoms. The summed E-state index contributed by atoms with van der Waals surface area (Å²) in [6.07, 6.45) is 1.35. The predicted molar refractivity (Wildman–Crippen MR) is 109 cm³/mol. The summed E-state index contributed by atoms with van der Waals surface area (Å²) < 4.78 is 5.30. The molecule has 0 fully saturated rings. The van der Waals surface area contributed by atoms with Gasteiger partial charge in [0.1, 0.15) is 5.82 Å². The lowest BCUT2D eigenvalue weighted by Crippen LogP contribution is -2.08. The first-order valence-electron chi connectivity index (χ1n) is 8.60. The van der Waals surface area contributed by atoms with Crippen LogP contribution in [0, 0.1) is 0 Å². The van der Waals surface area contributed by atoms with Crippen molar-refractivity contribution in [3.63, 3.8) is 0 Å². The van der Waals surface area contributed by atoms with E-state index in [2.05, 4.69) is 34.2 Å². The molecule has 0 spiro atoms. The molecule has 27 heavy (non-hydrogen) atoms. The number of carbonyl (C=O) groups is 1. The first-order valence-corrected chi connectivity index (χ1v) is 9.35. The van der Waals surface area contributed by atoms with Crippen molar-refractivity contribution in [3.8, 4) is 0 Å². The monoisotopic (exact) mass is 398 g/mol. The lowest BCUT2D eigenvalue weighted by atomic mass is 10.1. The Hall–Kier alpha value is -2.56. The Morgan fingerprint density at radius 1 is 1.04 bits per heavy atom. The Kier molecular flexibility index (Phi) is 5.01. The molecule has 0 aliphatic rings. The fourth-order valence-corrected chi connectivity index (χ4v) is 3.49. The zero-order valence-electron chi connectivity index (χ0n) is 14.3. The minimum atomic E-state index is -0.451. The number of H-pyrrole nitrogens is 1. The van der Waals surface area contributed by atoms with E-state index in [4.69, 9.17) is 27.9 Å². The van der Waals surface area contributed by atoms with Crippen LogP contribution in [0.5, 0.6) is 0 Å². The van der Waals surface area contributed by atoms with Crippen LogP contribution >= 0.6 is 23.2 Å². The summed E-state index contributed by atoms with van der Waals surface area (Å²) in [7, 11) is 0. The highest BCUT2D eigenvalue weighted by Gasteiger charge is 2.12. The Morgan fingerprint density at radius 3 is 2.59 bits per heavy atom. The Balaban J connectivity index is 1.37. The van der Waals surface area contributed by atoms with Gasteiger partial charge in [-0.3, -0.25) is 0 Å². The maximum absolute atomic E-state index is 12.1. The number of nitrogens with zero attached hydrogens (tertiary/aromatic N) is 1. The molecule has 136 valence electrons. The van der Waals surface area contributed by atoms with Crippen LogP contribution in [-0.2, 0) is 11.2 Å². The minimum absolute atomic E-state index is 0.289. The van der Waals surface area contributed by atoms with Gasteiger partial charge in [0.25, 0.3) is 0 Å². The van der Waals surface area contributed by atoms with E-state index in [-0.39, 0.29) is 11.6 Å². The molecule has 0 unspecified atom stereocenters. The number of aromatic amines is 1. The highest BCUT2D eigenvalue weighted by atomic mass is 35.5. The number of fused-ring (bicyclic) bond motifs is 2. The van der Waals surface area contributed by atoms with Gasteiger partial charge in [-0.25, -0.2) is 9.78 Å². The molecule has 6 heteroatoms. The molecule has 1 N–H and O–H groups in total. The fraction of sp³-hybridized carbons (Fsp3) is 0.143. The molecular weight excluding hydrogens is 383 g/mol. The number of ether oxygens (including phenoxy) is 1. The van der Waals surface area contributed by atoms with E-state index in [0.717, 1.165) is 22.2 Å². The van der Waals surface area contributed by atoms with Gasteiger partial charge >= 0.3 is 5.97 Å². The highest BCUT2D eigenvalue weighted by molar-refractivity contribution is 6.36. The van der Waals surface area contributed by atoms with Gasteiger partial charge in [-0.15, -0.1) is 0 Å². The fourth-order valence-electron chi connectivity index (χ4n) is 3.01. The molecule has 0 aliphatic heterocycles. The minimum Gasteiger partial charge on any atom is -0.462 e. The molecule has 0 amide bonds. The quantitative estimate of drug-likeness (QED) is 0.340. The summed E-state index contributed by atoms with van der Waals surface area (Å²) in [5.74, 6) is 0.424. The van der Waals surface area contributed by atoms with Gasteiger partial charge < -0.3 is 9.72 Å². The standard InChI is InChI=1S/C21H16Cl2N2O2/c22-15-7-8-16(17(23)12-15)21(26)27-9-3-6-20-24-18-10-13-4-1-2-5-14(13)11-19(18)25-20/h1-2,4-5,7-8,10-12H,3,6,9H2,(H,24,25). The molecule has 1 heterocycles. The Bertz CT molecular complexity index is 1090. The molecule has 0 saturated heterocycles. The van der Waals surface area contributed by atoms with E-state index in [9.17, 15) is 4.79 Å². The molecule has 0 radical (unpaired) electrons. The normalized spacial score (nSPS) is 11.2. The Morgan fingerprint density at radius 2 is 1.81 bits per heavy atom. The molecule has 0 aliphatic carbocycles. The summed E-state index contributed by atoms with van der Waals surface area (Å²) in [6.45, 7) is 0.289. The second kappa shape index (κ2) is 7.59. The number of aromatic nitrogens is 2. The molecule has 0 saturated carbocycles. The van der Waals surface area contributed by atoms with Crippen LogP contribution in [0.15, 0.2) is 54.6 Å². The van der Waals surface area contributed by atoms with Crippen LogP contribution in [0.2, 0.25) is 10.0 Å². The largest absolute Gasteiger partial charge is 0.462 e. The SMILES string of the molecule is O=C(OCCCc1nc2cc3ccccc3cc2[nH]1)c1ccc(Cl)cc1Cl. The number of nitrogens with one attached hydrogen (secondary N) is 1. The van der Waals surface area contributed by atoms with Crippen LogP contribution in [0.1, 0.15) is 22.6 Å². The topological polar surface area (TPSA) is 55.0 Å². The maximum atomic E-state index is 12.1. The second-order valence-corrected chi connectivity index (χ2v) is 7.11. The summed E-state index contributed by atoms with van der Waals surface area (Å²) >= 11 is 11.9. The summed E-state index contributed by atoms with van der Waals surface area (Å²) in [4.78, 5) is 20.1. The van der Waals surface area contributed by atoms with E-state index in [1.165, 1.54) is 11.5 Å². The van der Waals surface area contributed by atoms with Crippen LogP contribution in [0.25, 0.3) is 21.8 Å². The van der Waals surface area contributed by atoms with Gasteiger partial charge in [-0.1, -0.05) is 47.5 Å². The smallest absolute Gasteiger partial charge is 0.339 e. The van der Waals surface area contributed by atoms with Crippen LogP contribution in [0.4, 0.5) is 0 Å². The number of aryl methyl sites for hydroxylation is 1. The number of imidazole rings is 1. The van der Waals surface area contributed by atoms with E-state index < -0.39 is 5.97 Å². The molecule has 3 aromatic carbocycles. The van der Waals surface area contributed by atoms with E-state index in [0.29, 0.717) is 23.4 Å². The Labute approximate surface area is 166 Å².